The van der Waals surface area contributed by atoms with Gasteiger partial charge in [0.15, 0.2) is 0 Å². The summed E-state index contributed by atoms with van der Waals surface area (Å²) in [7, 11) is 1.92. The molecule has 0 bridgehead atoms. The second-order valence-electron chi connectivity index (χ2n) is 1.87. The molecule has 0 spiro atoms. The predicted octanol–water partition coefficient (Wildman–Crippen LogP) is -0.0155. The highest BCUT2D eigenvalue weighted by atomic mass is 32.2. The molecular weight excluding hydrogens is 148 g/mol. The first kappa shape index (κ1) is 7.30. The van der Waals surface area contributed by atoms with Crippen LogP contribution in [0.5, 0.6) is 0 Å². The monoisotopic (exact) mass is 158 g/mol. The first-order valence-electron chi connectivity index (χ1n) is 2.80. The molecule has 0 aliphatic carbocycles. The van der Waals surface area contributed by atoms with E-state index in [9.17, 15) is 0 Å². The zero-order chi connectivity index (χ0) is 7.56. The van der Waals surface area contributed by atoms with E-state index < -0.39 is 0 Å². The fourth-order valence-electron chi connectivity index (χ4n) is 0.668. The standard InChI is InChI=1S/C5H10N4S/c1-8-4-5(2-3-6)9(7)10-8/h2-4H,6-7H2,1H3/b3-2-. The minimum absolute atomic E-state index is 0.898. The molecule has 10 heavy (non-hydrogen) atoms. The van der Waals surface area contributed by atoms with Crippen LogP contribution in [-0.4, -0.2) is 15.8 Å². The van der Waals surface area contributed by atoms with E-state index in [0.29, 0.717) is 0 Å². The zero-order valence-corrected chi connectivity index (χ0v) is 6.51. The van der Waals surface area contributed by atoms with E-state index in [1.54, 1.807) is 10.5 Å². The quantitative estimate of drug-likeness (QED) is 0.415. The highest BCUT2D eigenvalue weighted by Gasteiger charge is 2.13. The van der Waals surface area contributed by atoms with Gasteiger partial charge in [-0.3, -0.25) is 0 Å². The van der Waals surface area contributed by atoms with Crippen molar-refractivity contribution in [2.24, 2.45) is 11.6 Å². The van der Waals surface area contributed by atoms with Crippen LogP contribution in [0.3, 0.4) is 0 Å². The molecule has 0 radical (unpaired) electrons. The SMILES string of the molecule is CN1C=C(/C=C\N)N(N)S1. The maximum Gasteiger partial charge on any atom is 0.0867 e. The minimum Gasteiger partial charge on any atom is -0.405 e. The number of nitrogens with zero attached hydrogens (tertiary/aromatic N) is 2. The number of rotatable bonds is 1. The Kier molecular flexibility index (Phi) is 2.08. The van der Waals surface area contributed by atoms with Crippen molar-refractivity contribution >= 4 is 12.1 Å². The van der Waals surface area contributed by atoms with Gasteiger partial charge in [0.05, 0.1) is 17.8 Å². The lowest BCUT2D eigenvalue weighted by Gasteiger charge is -2.10. The van der Waals surface area contributed by atoms with E-state index in [-0.39, 0.29) is 0 Å². The lowest BCUT2D eigenvalue weighted by atomic mass is 10.4. The second kappa shape index (κ2) is 2.85. The third kappa shape index (κ3) is 1.37. The first-order valence-corrected chi connectivity index (χ1v) is 3.53. The number of hydrogen-bond acceptors (Lipinski definition) is 5. The maximum absolute atomic E-state index is 5.54. The van der Waals surface area contributed by atoms with Crippen molar-refractivity contribution in [2.45, 2.75) is 0 Å². The van der Waals surface area contributed by atoms with Crippen molar-refractivity contribution in [3.05, 3.63) is 24.2 Å². The molecule has 4 nitrogen and oxygen atoms in total. The first-order chi connectivity index (χ1) is 4.74. The van der Waals surface area contributed by atoms with Crippen molar-refractivity contribution in [2.75, 3.05) is 7.05 Å². The molecule has 0 saturated carbocycles. The zero-order valence-electron chi connectivity index (χ0n) is 5.69. The molecule has 4 N–H and O–H groups in total. The Morgan fingerprint density at radius 2 is 2.40 bits per heavy atom. The topological polar surface area (TPSA) is 58.5 Å². The van der Waals surface area contributed by atoms with Gasteiger partial charge in [0.1, 0.15) is 0 Å². The average Bonchev–Trinajstić information content (AvgIpc) is 2.13. The summed E-state index contributed by atoms with van der Waals surface area (Å²) in [5, 5.41) is 0. The Bertz CT molecular complexity index is 176. The Balaban J connectivity index is 2.65. The summed E-state index contributed by atoms with van der Waals surface area (Å²) >= 11 is 1.41. The Hall–Kier alpha value is -0.810. The Labute approximate surface area is 64.4 Å². The summed E-state index contributed by atoms with van der Waals surface area (Å²) in [4.78, 5) is 0. The fourth-order valence-corrected chi connectivity index (χ4v) is 1.30. The van der Waals surface area contributed by atoms with E-state index >= 15 is 0 Å². The van der Waals surface area contributed by atoms with E-state index in [2.05, 4.69) is 0 Å². The number of allylic oxidation sites excluding steroid dienone is 1. The molecule has 0 fully saturated rings. The van der Waals surface area contributed by atoms with Crippen molar-refractivity contribution in [1.82, 2.24) is 8.72 Å². The normalized spacial score (nSPS) is 18.8. The van der Waals surface area contributed by atoms with E-state index in [0.717, 1.165) is 5.70 Å². The molecule has 0 amide bonds. The molecule has 0 unspecified atom stereocenters. The van der Waals surface area contributed by atoms with Gasteiger partial charge in [-0.05, 0) is 12.3 Å². The maximum atomic E-state index is 5.54. The summed E-state index contributed by atoms with van der Waals surface area (Å²) in [6.07, 6.45) is 5.11. The van der Waals surface area contributed by atoms with Gasteiger partial charge in [0.2, 0.25) is 0 Å². The van der Waals surface area contributed by atoms with Crippen LogP contribution in [0.15, 0.2) is 24.2 Å². The lowest BCUT2D eigenvalue weighted by Crippen LogP contribution is -2.19. The van der Waals surface area contributed by atoms with Crippen LogP contribution in [0.2, 0.25) is 0 Å². The van der Waals surface area contributed by atoms with Crippen molar-refractivity contribution < 1.29 is 0 Å². The smallest absolute Gasteiger partial charge is 0.0867 e. The van der Waals surface area contributed by atoms with Crippen LogP contribution in [0.25, 0.3) is 0 Å². The van der Waals surface area contributed by atoms with Crippen LogP contribution in [-0.2, 0) is 0 Å². The molecule has 5 heteroatoms. The Morgan fingerprint density at radius 3 is 2.80 bits per heavy atom. The highest BCUT2D eigenvalue weighted by molar-refractivity contribution is 7.95. The molecule has 0 aromatic carbocycles. The Morgan fingerprint density at radius 1 is 1.70 bits per heavy atom. The molecule has 1 aliphatic heterocycles. The summed E-state index contributed by atoms with van der Waals surface area (Å²) in [5.74, 6) is 5.54. The largest absolute Gasteiger partial charge is 0.405 e. The molecule has 1 rings (SSSR count). The number of nitrogens with two attached hydrogens (primary N) is 2. The van der Waals surface area contributed by atoms with Crippen LogP contribution >= 0.6 is 12.1 Å². The summed E-state index contributed by atoms with van der Waals surface area (Å²) < 4.78 is 3.44. The summed E-state index contributed by atoms with van der Waals surface area (Å²) in [6, 6.07) is 0. The summed E-state index contributed by atoms with van der Waals surface area (Å²) in [5.41, 5.74) is 6.08. The third-order valence-electron chi connectivity index (χ3n) is 1.05. The van der Waals surface area contributed by atoms with Crippen molar-refractivity contribution in [3.8, 4) is 0 Å². The van der Waals surface area contributed by atoms with Gasteiger partial charge in [0, 0.05) is 13.2 Å². The molecule has 1 aliphatic rings. The van der Waals surface area contributed by atoms with E-state index in [4.69, 9.17) is 11.6 Å². The second-order valence-corrected chi connectivity index (χ2v) is 3.00. The highest BCUT2D eigenvalue weighted by Crippen LogP contribution is 2.24. The average molecular weight is 158 g/mol. The fraction of sp³-hybridized carbons (Fsp3) is 0.200. The van der Waals surface area contributed by atoms with Gasteiger partial charge < -0.3 is 10.0 Å². The van der Waals surface area contributed by atoms with Crippen LogP contribution < -0.4 is 11.6 Å². The lowest BCUT2D eigenvalue weighted by molar-refractivity contribution is 0.641. The van der Waals surface area contributed by atoms with Crippen molar-refractivity contribution in [1.29, 1.82) is 0 Å². The van der Waals surface area contributed by atoms with Gasteiger partial charge in [-0.1, -0.05) is 0 Å². The predicted molar refractivity (Wildman–Crippen MR) is 42.8 cm³/mol. The van der Waals surface area contributed by atoms with Gasteiger partial charge in [-0.25, -0.2) is 10.3 Å². The van der Waals surface area contributed by atoms with Gasteiger partial charge in [-0.15, -0.1) is 0 Å². The van der Waals surface area contributed by atoms with Crippen molar-refractivity contribution in [3.63, 3.8) is 0 Å². The summed E-state index contributed by atoms with van der Waals surface area (Å²) in [6.45, 7) is 0. The van der Waals surface area contributed by atoms with Gasteiger partial charge in [0.25, 0.3) is 0 Å². The molecule has 0 aromatic heterocycles. The molecule has 56 valence electrons. The number of hydrogen-bond donors (Lipinski definition) is 2. The van der Waals surface area contributed by atoms with E-state index in [1.807, 2.05) is 17.6 Å². The molecular formula is C5H10N4S. The molecule has 0 aromatic rings. The number of hydrazine groups is 1. The molecule has 0 saturated heterocycles. The van der Waals surface area contributed by atoms with E-state index in [1.165, 1.54) is 18.3 Å². The minimum atomic E-state index is 0.898. The van der Waals surface area contributed by atoms with Crippen LogP contribution in [0.4, 0.5) is 0 Å². The van der Waals surface area contributed by atoms with Crippen LogP contribution in [0, 0.1) is 0 Å². The van der Waals surface area contributed by atoms with Gasteiger partial charge in [-0.2, -0.15) is 0 Å². The molecule has 1 heterocycles. The van der Waals surface area contributed by atoms with Gasteiger partial charge >= 0.3 is 0 Å². The van der Waals surface area contributed by atoms with Crippen LogP contribution in [0.1, 0.15) is 0 Å². The molecule has 0 atom stereocenters. The third-order valence-corrected chi connectivity index (χ3v) is 1.80.